The van der Waals surface area contributed by atoms with E-state index >= 15 is 0 Å². The largest absolute Gasteiger partial charge is 0.456 e. The van der Waals surface area contributed by atoms with Crippen LogP contribution in [0, 0.1) is 11.3 Å². The van der Waals surface area contributed by atoms with Gasteiger partial charge in [-0.15, -0.1) is 0 Å². The summed E-state index contributed by atoms with van der Waals surface area (Å²) in [5.41, 5.74) is 8.77. The lowest BCUT2D eigenvalue weighted by molar-refractivity contribution is 0.669. The monoisotopic (exact) mass is 422 g/mol. The van der Waals surface area contributed by atoms with E-state index in [1.54, 1.807) is 12.3 Å². The van der Waals surface area contributed by atoms with Crippen LogP contribution < -0.4 is 0 Å². The summed E-state index contributed by atoms with van der Waals surface area (Å²) in [7, 11) is 0. The van der Waals surface area contributed by atoms with Crippen LogP contribution in [0.1, 0.15) is 5.56 Å². The highest BCUT2D eigenvalue weighted by Gasteiger charge is 2.10. The van der Waals surface area contributed by atoms with E-state index in [0.29, 0.717) is 5.56 Å². The maximum absolute atomic E-state index is 9.14. The molecule has 6 aromatic rings. The van der Waals surface area contributed by atoms with Gasteiger partial charge < -0.3 is 4.42 Å². The van der Waals surface area contributed by atoms with Gasteiger partial charge in [0.05, 0.1) is 17.3 Å². The molecule has 0 fully saturated rings. The molecule has 6 rings (SSSR count). The van der Waals surface area contributed by atoms with Crippen LogP contribution in [0.3, 0.4) is 0 Å². The molecule has 0 amide bonds. The fourth-order valence-electron chi connectivity index (χ4n) is 4.26. The molecule has 0 saturated heterocycles. The van der Waals surface area contributed by atoms with E-state index in [0.717, 1.165) is 44.3 Å². The highest BCUT2D eigenvalue weighted by Crippen LogP contribution is 2.35. The molecule has 0 spiro atoms. The van der Waals surface area contributed by atoms with Crippen LogP contribution >= 0.6 is 0 Å². The lowest BCUT2D eigenvalue weighted by Gasteiger charge is -2.05. The summed E-state index contributed by atoms with van der Waals surface area (Å²) in [6, 6.07) is 37.0. The maximum Gasteiger partial charge on any atom is 0.135 e. The molecule has 3 heteroatoms. The Kier molecular flexibility index (Phi) is 4.49. The number of nitriles is 1. The Hall–Kier alpha value is -4.68. The van der Waals surface area contributed by atoms with Crippen molar-refractivity contribution in [2.75, 3.05) is 0 Å². The first-order valence-corrected chi connectivity index (χ1v) is 10.8. The van der Waals surface area contributed by atoms with E-state index in [1.807, 2.05) is 30.3 Å². The quantitative estimate of drug-likeness (QED) is 0.292. The molecule has 0 aliphatic heterocycles. The zero-order chi connectivity index (χ0) is 22.2. The molecule has 2 aromatic heterocycles. The number of rotatable bonds is 3. The van der Waals surface area contributed by atoms with Crippen molar-refractivity contribution in [2.24, 2.45) is 0 Å². The molecule has 0 aliphatic rings. The van der Waals surface area contributed by atoms with Crippen molar-refractivity contribution in [1.29, 1.82) is 5.26 Å². The summed E-state index contributed by atoms with van der Waals surface area (Å²) >= 11 is 0. The summed E-state index contributed by atoms with van der Waals surface area (Å²) < 4.78 is 6.10. The average molecular weight is 422 g/mol. The van der Waals surface area contributed by atoms with Crippen LogP contribution in [0.15, 0.2) is 114 Å². The number of aromatic nitrogens is 1. The van der Waals surface area contributed by atoms with Gasteiger partial charge in [0.15, 0.2) is 0 Å². The smallest absolute Gasteiger partial charge is 0.135 e. The molecular formula is C30H18N2O. The van der Waals surface area contributed by atoms with Crippen LogP contribution in [-0.2, 0) is 0 Å². The average Bonchev–Trinajstić information content (AvgIpc) is 3.26. The van der Waals surface area contributed by atoms with Crippen LogP contribution in [0.25, 0.3) is 55.4 Å². The first kappa shape index (κ1) is 19.0. The third-order valence-electron chi connectivity index (χ3n) is 5.98. The second-order valence-corrected chi connectivity index (χ2v) is 8.01. The summed E-state index contributed by atoms with van der Waals surface area (Å²) in [6.45, 7) is 0. The Morgan fingerprint density at radius 2 is 1.15 bits per heavy atom. The van der Waals surface area contributed by atoms with Crippen LogP contribution in [0.4, 0.5) is 0 Å². The Bertz CT molecular complexity index is 1660. The van der Waals surface area contributed by atoms with Crippen molar-refractivity contribution in [1.82, 2.24) is 4.98 Å². The minimum atomic E-state index is 0.608. The van der Waals surface area contributed by atoms with E-state index in [-0.39, 0.29) is 0 Å². The second kappa shape index (κ2) is 7.78. The van der Waals surface area contributed by atoms with Crippen LogP contribution in [-0.4, -0.2) is 4.98 Å². The standard InChI is InChI=1S/C30H18N2O/c31-19-20-14-15-32-28(16-20)23-8-6-22(7-9-23)25-11-13-30-27(18-25)26-17-24(10-12-29(26)33-30)21-4-2-1-3-5-21/h1-18H. The van der Waals surface area contributed by atoms with Gasteiger partial charge in [-0.1, -0.05) is 66.7 Å². The zero-order valence-corrected chi connectivity index (χ0v) is 17.7. The molecule has 0 N–H and O–H groups in total. The third kappa shape index (κ3) is 3.44. The van der Waals surface area contributed by atoms with Crippen molar-refractivity contribution in [3.05, 3.63) is 115 Å². The Morgan fingerprint density at radius 3 is 1.79 bits per heavy atom. The predicted octanol–water partition coefficient (Wildman–Crippen LogP) is 7.85. The van der Waals surface area contributed by atoms with Crippen molar-refractivity contribution in [3.63, 3.8) is 0 Å². The Balaban J connectivity index is 1.41. The normalized spacial score (nSPS) is 11.0. The lowest BCUT2D eigenvalue weighted by Crippen LogP contribution is -1.85. The first-order chi connectivity index (χ1) is 16.3. The van der Waals surface area contributed by atoms with Gasteiger partial charge in [-0.25, -0.2) is 0 Å². The maximum atomic E-state index is 9.14. The molecular weight excluding hydrogens is 404 g/mol. The number of fused-ring (bicyclic) bond motifs is 3. The highest BCUT2D eigenvalue weighted by molar-refractivity contribution is 6.07. The predicted molar refractivity (Wildman–Crippen MR) is 133 cm³/mol. The molecule has 2 heterocycles. The first-order valence-electron chi connectivity index (χ1n) is 10.8. The van der Waals surface area contributed by atoms with Gasteiger partial charge in [0.1, 0.15) is 11.2 Å². The topological polar surface area (TPSA) is 49.8 Å². The minimum absolute atomic E-state index is 0.608. The molecule has 154 valence electrons. The highest BCUT2D eigenvalue weighted by atomic mass is 16.3. The SMILES string of the molecule is N#Cc1ccnc(-c2ccc(-c3ccc4oc5ccc(-c6ccccc6)cc5c4c3)cc2)c1. The fraction of sp³-hybridized carbons (Fsp3) is 0. The van der Waals surface area contributed by atoms with Gasteiger partial charge in [-0.05, 0) is 58.7 Å². The molecule has 0 unspecified atom stereocenters. The lowest BCUT2D eigenvalue weighted by atomic mass is 9.99. The number of nitrogens with zero attached hydrogens (tertiary/aromatic N) is 2. The van der Waals surface area contributed by atoms with E-state index in [9.17, 15) is 0 Å². The van der Waals surface area contributed by atoms with Gasteiger partial charge >= 0.3 is 0 Å². The number of pyridine rings is 1. The van der Waals surface area contributed by atoms with Crippen molar-refractivity contribution < 1.29 is 4.42 Å². The molecule has 4 aromatic carbocycles. The Labute approximate surface area is 191 Å². The minimum Gasteiger partial charge on any atom is -0.456 e. The molecule has 0 atom stereocenters. The summed E-state index contributed by atoms with van der Waals surface area (Å²) in [4.78, 5) is 4.40. The van der Waals surface area contributed by atoms with Crippen molar-refractivity contribution in [2.45, 2.75) is 0 Å². The van der Waals surface area contributed by atoms with Gasteiger partial charge in [0, 0.05) is 22.5 Å². The van der Waals surface area contributed by atoms with Crippen molar-refractivity contribution >= 4 is 21.9 Å². The molecule has 33 heavy (non-hydrogen) atoms. The van der Waals surface area contributed by atoms with Crippen molar-refractivity contribution in [3.8, 4) is 39.6 Å². The van der Waals surface area contributed by atoms with Gasteiger partial charge in [-0.3, -0.25) is 4.98 Å². The number of hydrogen-bond donors (Lipinski definition) is 0. The summed E-state index contributed by atoms with van der Waals surface area (Å²) in [5.74, 6) is 0. The summed E-state index contributed by atoms with van der Waals surface area (Å²) in [5, 5.41) is 11.4. The van der Waals surface area contributed by atoms with E-state index in [1.165, 1.54) is 11.1 Å². The molecule has 0 saturated carbocycles. The molecule has 0 aliphatic carbocycles. The van der Waals surface area contributed by atoms with Gasteiger partial charge in [0.25, 0.3) is 0 Å². The fourth-order valence-corrected chi connectivity index (χ4v) is 4.26. The van der Waals surface area contributed by atoms with E-state index in [4.69, 9.17) is 9.68 Å². The zero-order valence-electron chi connectivity index (χ0n) is 17.7. The van der Waals surface area contributed by atoms with E-state index < -0.39 is 0 Å². The number of benzene rings is 4. The summed E-state index contributed by atoms with van der Waals surface area (Å²) in [6.07, 6.45) is 1.67. The number of hydrogen-bond acceptors (Lipinski definition) is 3. The van der Waals surface area contributed by atoms with Gasteiger partial charge in [-0.2, -0.15) is 5.26 Å². The molecule has 3 nitrogen and oxygen atoms in total. The van der Waals surface area contributed by atoms with E-state index in [2.05, 4.69) is 77.8 Å². The van der Waals surface area contributed by atoms with Crippen LogP contribution in [0.2, 0.25) is 0 Å². The van der Waals surface area contributed by atoms with Gasteiger partial charge in [0.2, 0.25) is 0 Å². The molecule has 0 radical (unpaired) electrons. The molecule has 0 bridgehead atoms. The third-order valence-corrected chi connectivity index (χ3v) is 5.98. The second-order valence-electron chi connectivity index (χ2n) is 8.01. The Morgan fingerprint density at radius 1 is 0.576 bits per heavy atom. The van der Waals surface area contributed by atoms with Crippen LogP contribution in [0.5, 0.6) is 0 Å². The number of furan rings is 1.